The number of nitriles is 1. The maximum absolute atomic E-state index is 13.5. The van der Waals surface area contributed by atoms with Crippen molar-refractivity contribution in [3.8, 4) is 17.3 Å². The Bertz CT molecular complexity index is 1170. The molecule has 9 heteroatoms. The number of carbonyl (C=O) groups excluding carboxylic acids is 1. The lowest BCUT2D eigenvalue weighted by atomic mass is 9.75. The van der Waals surface area contributed by atoms with Crippen molar-refractivity contribution in [3.05, 3.63) is 30.9 Å². The zero-order valence-electron chi connectivity index (χ0n) is 17.1. The lowest BCUT2D eigenvalue weighted by Gasteiger charge is -2.23. The van der Waals surface area contributed by atoms with E-state index in [1.54, 1.807) is 34.2 Å². The van der Waals surface area contributed by atoms with E-state index in [1.165, 1.54) is 0 Å². The average molecular weight is 402 g/mol. The maximum atomic E-state index is 13.5. The third-order valence-corrected chi connectivity index (χ3v) is 6.20. The zero-order chi connectivity index (χ0) is 21.0. The number of hydrogen-bond donors (Lipinski definition) is 0. The van der Waals surface area contributed by atoms with Crippen molar-refractivity contribution in [3.63, 3.8) is 0 Å². The quantitative estimate of drug-likeness (QED) is 0.659. The van der Waals surface area contributed by atoms with Gasteiger partial charge in [0.25, 0.3) is 0 Å². The summed E-state index contributed by atoms with van der Waals surface area (Å²) in [5.74, 6) is 1.07. The van der Waals surface area contributed by atoms with Gasteiger partial charge in [0.15, 0.2) is 5.82 Å². The number of nitrogens with zero attached hydrogens (tertiary/aromatic N) is 8. The van der Waals surface area contributed by atoms with Gasteiger partial charge in [0, 0.05) is 44.5 Å². The van der Waals surface area contributed by atoms with Gasteiger partial charge in [-0.2, -0.15) is 10.4 Å². The van der Waals surface area contributed by atoms with Crippen LogP contribution < -0.4 is 9.80 Å². The molecule has 0 unspecified atom stereocenters. The van der Waals surface area contributed by atoms with Crippen molar-refractivity contribution in [2.45, 2.75) is 19.8 Å². The van der Waals surface area contributed by atoms with Gasteiger partial charge in [-0.3, -0.25) is 9.69 Å². The number of fused-ring (bicyclic) bond motifs is 1. The largest absolute Gasteiger partial charge is 0.347 e. The first-order valence-electron chi connectivity index (χ1n) is 10.0. The van der Waals surface area contributed by atoms with Crippen LogP contribution in [0.5, 0.6) is 0 Å². The SMILES string of the molecule is C[C@@H]1CN(c2nc(-c3cnc(N(C)C)nc3)cn3nccc23)C(=O)[C@]1(C#N)C1CC1. The van der Waals surface area contributed by atoms with Gasteiger partial charge in [-0.25, -0.2) is 19.5 Å². The molecule has 0 aromatic carbocycles. The molecular formula is C21H22N8O. The fourth-order valence-corrected chi connectivity index (χ4v) is 4.41. The first-order valence-corrected chi connectivity index (χ1v) is 10.0. The van der Waals surface area contributed by atoms with E-state index in [2.05, 4.69) is 21.1 Å². The molecule has 3 aromatic rings. The highest BCUT2D eigenvalue weighted by Crippen LogP contribution is 2.54. The van der Waals surface area contributed by atoms with Crippen LogP contribution in [0, 0.1) is 28.6 Å². The summed E-state index contributed by atoms with van der Waals surface area (Å²) < 4.78 is 1.71. The number of carbonyl (C=O) groups is 1. The van der Waals surface area contributed by atoms with Crippen LogP contribution in [0.25, 0.3) is 16.8 Å². The Kier molecular flexibility index (Phi) is 4.00. The summed E-state index contributed by atoms with van der Waals surface area (Å²) in [6.45, 7) is 2.46. The predicted octanol–water partition coefficient (Wildman–Crippen LogP) is 2.15. The highest BCUT2D eigenvalue weighted by atomic mass is 16.2. The molecule has 2 fully saturated rings. The lowest BCUT2D eigenvalue weighted by molar-refractivity contribution is -0.124. The topological polar surface area (TPSA) is 103 Å². The maximum Gasteiger partial charge on any atom is 0.249 e. The molecule has 30 heavy (non-hydrogen) atoms. The summed E-state index contributed by atoms with van der Waals surface area (Å²) in [5, 5.41) is 14.3. The Morgan fingerprint density at radius 1 is 1.27 bits per heavy atom. The number of aromatic nitrogens is 5. The van der Waals surface area contributed by atoms with E-state index in [-0.39, 0.29) is 17.7 Å². The van der Waals surface area contributed by atoms with Crippen molar-refractivity contribution >= 4 is 23.2 Å². The zero-order valence-corrected chi connectivity index (χ0v) is 17.1. The van der Waals surface area contributed by atoms with Crippen LogP contribution in [-0.4, -0.2) is 51.1 Å². The van der Waals surface area contributed by atoms with E-state index >= 15 is 0 Å². The highest BCUT2D eigenvalue weighted by Gasteiger charge is 2.61. The van der Waals surface area contributed by atoms with Crippen molar-refractivity contribution in [2.24, 2.45) is 17.3 Å². The van der Waals surface area contributed by atoms with Crippen LogP contribution >= 0.6 is 0 Å². The molecule has 9 nitrogen and oxygen atoms in total. The van der Waals surface area contributed by atoms with Crippen LogP contribution in [-0.2, 0) is 4.79 Å². The molecule has 2 atom stereocenters. The minimum atomic E-state index is -0.953. The smallest absolute Gasteiger partial charge is 0.249 e. The number of rotatable bonds is 4. The molecular weight excluding hydrogens is 380 g/mol. The molecule has 3 aromatic heterocycles. The van der Waals surface area contributed by atoms with Gasteiger partial charge in [-0.1, -0.05) is 6.92 Å². The van der Waals surface area contributed by atoms with E-state index in [4.69, 9.17) is 4.98 Å². The predicted molar refractivity (Wildman–Crippen MR) is 111 cm³/mol. The minimum Gasteiger partial charge on any atom is -0.347 e. The molecule has 2 aliphatic rings. The molecule has 0 bridgehead atoms. The van der Waals surface area contributed by atoms with Crippen molar-refractivity contribution in [1.82, 2.24) is 24.6 Å². The molecule has 5 rings (SSSR count). The Hall–Kier alpha value is -3.54. The molecule has 1 aliphatic carbocycles. The molecule has 4 heterocycles. The van der Waals surface area contributed by atoms with Crippen LogP contribution in [0.2, 0.25) is 0 Å². The van der Waals surface area contributed by atoms with Gasteiger partial charge in [-0.15, -0.1) is 0 Å². The van der Waals surface area contributed by atoms with Gasteiger partial charge in [0.2, 0.25) is 11.9 Å². The third-order valence-electron chi connectivity index (χ3n) is 6.20. The lowest BCUT2D eigenvalue weighted by Crippen LogP contribution is -2.37. The van der Waals surface area contributed by atoms with Gasteiger partial charge in [0.05, 0.1) is 24.2 Å². The van der Waals surface area contributed by atoms with E-state index in [0.717, 1.165) is 23.9 Å². The Morgan fingerprint density at radius 2 is 2.00 bits per heavy atom. The second-order valence-electron chi connectivity index (χ2n) is 8.35. The van der Waals surface area contributed by atoms with E-state index in [9.17, 15) is 10.1 Å². The first-order chi connectivity index (χ1) is 14.5. The van der Waals surface area contributed by atoms with Gasteiger partial charge in [-0.05, 0) is 24.8 Å². The molecule has 0 spiro atoms. The summed E-state index contributed by atoms with van der Waals surface area (Å²) in [7, 11) is 3.76. The molecule has 1 aliphatic heterocycles. The second-order valence-corrected chi connectivity index (χ2v) is 8.35. The second kappa shape index (κ2) is 6.49. The number of hydrogen-bond acceptors (Lipinski definition) is 7. The minimum absolute atomic E-state index is 0.0568. The summed E-state index contributed by atoms with van der Waals surface area (Å²) in [5.41, 5.74) is 1.13. The van der Waals surface area contributed by atoms with E-state index in [1.807, 2.05) is 32.0 Å². The monoisotopic (exact) mass is 402 g/mol. The van der Waals surface area contributed by atoms with Crippen LogP contribution in [0.3, 0.4) is 0 Å². The van der Waals surface area contributed by atoms with Crippen LogP contribution in [0.15, 0.2) is 30.9 Å². The van der Waals surface area contributed by atoms with Crippen LogP contribution in [0.4, 0.5) is 11.8 Å². The Labute approximate surface area is 174 Å². The Balaban J connectivity index is 1.61. The molecule has 152 valence electrons. The van der Waals surface area contributed by atoms with Crippen LogP contribution in [0.1, 0.15) is 19.8 Å². The molecule has 0 N–H and O–H groups in total. The summed E-state index contributed by atoms with van der Waals surface area (Å²) >= 11 is 0. The first kappa shape index (κ1) is 18.5. The van der Waals surface area contributed by atoms with Gasteiger partial charge >= 0.3 is 0 Å². The van der Waals surface area contributed by atoms with Gasteiger partial charge in [0.1, 0.15) is 10.9 Å². The van der Waals surface area contributed by atoms with E-state index in [0.29, 0.717) is 24.0 Å². The number of anilines is 2. The summed E-state index contributed by atoms with van der Waals surface area (Å²) in [6.07, 6.45) is 8.77. The van der Waals surface area contributed by atoms with Crippen molar-refractivity contribution in [1.29, 1.82) is 5.26 Å². The van der Waals surface area contributed by atoms with Crippen molar-refractivity contribution in [2.75, 3.05) is 30.4 Å². The number of amides is 1. The third kappa shape index (κ3) is 2.56. The average Bonchev–Trinajstić information content (AvgIpc) is 3.42. The normalized spacial score (nSPS) is 23.7. The fraction of sp³-hybridized carbons (Fsp3) is 0.429. The Morgan fingerprint density at radius 3 is 2.63 bits per heavy atom. The molecule has 0 radical (unpaired) electrons. The molecule has 1 saturated heterocycles. The summed E-state index contributed by atoms with van der Waals surface area (Å²) in [4.78, 5) is 30.5. The van der Waals surface area contributed by atoms with E-state index < -0.39 is 5.41 Å². The fourth-order valence-electron chi connectivity index (χ4n) is 4.41. The molecule has 1 saturated carbocycles. The molecule has 1 amide bonds. The van der Waals surface area contributed by atoms with Crippen molar-refractivity contribution < 1.29 is 4.79 Å². The summed E-state index contributed by atoms with van der Waals surface area (Å²) in [6, 6.07) is 4.21. The standard InChI is InChI=1S/C21H22N8O/c1-13-10-28(19(30)21(13,12-22)15-4-5-15)18-17-6-7-25-29(17)11-16(26-18)14-8-23-20(24-9-14)27(2)3/h6-9,11,13,15H,4-5,10H2,1-3H3/t13-,21+/m1/s1. The van der Waals surface area contributed by atoms with Gasteiger partial charge < -0.3 is 4.90 Å². The highest BCUT2D eigenvalue weighted by molar-refractivity contribution is 6.04.